The van der Waals surface area contributed by atoms with Gasteiger partial charge in [-0.25, -0.2) is 13.1 Å². The molecule has 2 atom stereocenters. The van der Waals surface area contributed by atoms with Crippen molar-refractivity contribution in [2.45, 2.75) is 37.5 Å². The number of ether oxygens (including phenoxy) is 2. The van der Waals surface area contributed by atoms with Crippen LogP contribution in [0.4, 0.5) is 0 Å². The maximum atomic E-state index is 12.8. The first kappa shape index (κ1) is 25.8. The van der Waals surface area contributed by atoms with Crippen LogP contribution < -0.4 is 10.0 Å². The summed E-state index contributed by atoms with van der Waals surface area (Å²) in [6.45, 7) is 5.73. The highest BCUT2D eigenvalue weighted by atomic mass is 32.2. The van der Waals surface area contributed by atoms with Crippen LogP contribution in [0, 0.1) is 0 Å². The lowest BCUT2D eigenvalue weighted by molar-refractivity contribution is -0.0586. The summed E-state index contributed by atoms with van der Waals surface area (Å²) in [6, 6.07) is 12.8. The fraction of sp³-hybridized carbons (Fsp3) is 0.417. The van der Waals surface area contributed by atoms with Gasteiger partial charge in [-0.15, -0.1) is 0 Å². The van der Waals surface area contributed by atoms with Crippen molar-refractivity contribution in [1.29, 1.82) is 0 Å². The predicted molar refractivity (Wildman–Crippen MR) is 127 cm³/mol. The molecular weight excluding hydrogens is 458 g/mol. The number of carbonyl (C=O) groups is 2. The van der Waals surface area contributed by atoms with Crippen LogP contribution in [0.5, 0.6) is 0 Å². The van der Waals surface area contributed by atoms with Crippen molar-refractivity contribution in [1.82, 2.24) is 14.9 Å². The maximum Gasteiger partial charge on any atom is 0.254 e. The zero-order valence-corrected chi connectivity index (χ0v) is 20.4. The Balaban J connectivity index is 1.54. The van der Waals surface area contributed by atoms with Gasteiger partial charge in [0.25, 0.3) is 11.8 Å². The molecule has 0 aliphatic carbocycles. The van der Waals surface area contributed by atoms with E-state index in [1.807, 2.05) is 26.0 Å². The van der Waals surface area contributed by atoms with E-state index < -0.39 is 10.0 Å². The van der Waals surface area contributed by atoms with Crippen LogP contribution in [0.3, 0.4) is 0 Å². The van der Waals surface area contributed by atoms with E-state index in [-0.39, 0.29) is 48.6 Å². The van der Waals surface area contributed by atoms with Gasteiger partial charge in [-0.1, -0.05) is 12.1 Å². The number of benzene rings is 2. The number of nitrogens with one attached hydrogen (secondary N) is 2. The first-order chi connectivity index (χ1) is 16.2. The smallest absolute Gasteiger partial charge is 0.254 e. The van der Waals surface area contributed by atoms with Crippen molar-refractivity contribution in [3.8, 4) is 0 Å². The fourth-order valence-corrected chi connectivity index (χ4v) is 4.74. The normalized spacial score (nSPS) is 18.5. The number of nitrogens with zero attached hydrogens (tertiary/aromatic N) is 1. The van der Waals surface area contributed by atoms with E-state index in [0.29, 0.717) is 24.2 Å². The molecule has 3 rings (SSSR count). The van der Waals surface area contributed by atoms with Gasteiger partial charge in [0.1, 0.15) is 0 Å². The van der Waals surface area contributed by atoms with Gasteiger partial charge in [0, 0.05) is 44.4 Å². The molecule has 1 saturated heterocycles. The Morgan fingerprint density at radius 2 is 1.59 bits per heavy atom. The molecule has 10 heteroatoms. The van der Waals surface area contributed by atoms with Crippen molar-refractivity contribution in [3.63, 3.8) is 0 Å². The lowest BCUT2D eigenvalue weighted by Crippen LogP contribution is -2.48. The predicted octanol–water partition coefficient (Wildman–Crippen LogP) is 1.79. The SMILES string of the molecule is COCCNS(=O)(=O)c1ccc(C(=O)NCc2ccc(C(=O)N3CC(C)OC(C)C3)cc2)cc1. The van der Waals surface area contributed by atoms with Gasteiger partial charge in [0.2, 0.25) is 10.0 Å². The molecule has 1 heterocycles. The summed E-state index contributed by atoms with van der Waals surface area (Å²) in [5.74, 6) is -0.364. The van der Waals surface area contributed by atoms with Gasteiger partial charge in [-0.2, -0.15) is 0 Å². The summed E-state index contributed by atoms with van der Waals surface area (Å²) in [4.78, 5) is 27.1. The Morgan fingerprint density at radius 1 is 1.00 bits per heavy atom. The number of rotatable bonds is 9. The zero-order valence-electron chi connectivity index (χ0n) is 19.6. The van der Waals surface area contributed by atoms with E-state index in [1.165, 1.54) is 31.4 Å². The van der Waals surface area contributed by atoms with Crippen molar-refractivity contribution in [2.75, 3.05) is 33.4 Å². The molecule has 34 heavy (non-hydrogen) atoms. The molecule has 1 aliphatic rings. The number of morpholine rings is 1. The average molecular weight is 490 g/mol. The number of hydrogen-bond acceptors (Lipinski definition) is 6. The molecule has 9 nitrogen and oxygen atoms in total. The van der Waals surface area contributed by atoms with E-state index in [4.69, 9.17) is 9.47 Å². The van der Waals surface area contributed by atoms with E-state index >= 15 is 0 Å². The minimum absolute atomic E-state index is 0.00304. The van der Waals surface area contributed by atoms with E-state index in [0.717, 1.165) is 5.56 Å². The second-order valence-corrected chi connectivity index (χ2v) is 10.0. The summed E-state index contributed by atoms with van der Waals surface area (Å²) in [5.41, 5.74) is 1.78. The monoisotopic (exact) mass is 489 g/mol. The molecule has 0 bridgehead atoms. The highest BCUT2D eigenvalue weighted by Gasteiger charge is 2.26. The number of amides is 2. The standard InChI is InChI=1S/C24H31N3O6S/c1-17-15-27(16-18(2)33-17)24(29)21-6-4-19(5-7-21)14-25-23(28)20-8-10-22(11-9-20)34(30,31)26-12-13-32-3/h4-11,17-18,26H,12-16H2,1-3H3,(H,25,28). The summed E-state index contributed by atoms with van der Waals surface area (Å²) in [6.07, 6.45) is 0.00607. The summed E-state index contributed by atoms with van der Waals surface area (Å²) in [5, 5.41) is 2.81. The van der Waals surface area contributed by atoms with E-state index in [2.05, 4.69) is 10.0 Å². The topological polar surface area (TPSA) is 114 Å². The van der Waals surface area contributed by atoms with Crippen LogP contribution in [0.1, 0.15) is 40.1 Å². The van der Waals surface area contributed by atoms with Crippen molar-refractivity contribution in [3.05, 3.63) is 65.2 Å². The first-order valence-electron chi connectivity index (χ1n) is 11.1. The van der Waals surface area contributed by atoms with E-state index in [9.17, 15) is 18.0 Å². The van der Waals surface area contributed by atoms with Crippen LogP contribution in [-0.4, -0.2) is 70.7 Å². The minimum Gasteiger partial charge on any atom is -0.383 e. The molecule has 2 aromatic carbocycles. The molecule has 0 radical (unpaired) electrons. The Hall–Kier alpha value is -2.79. The molecule has 2 N–H and O–H groups in total. The van der Waals surface area contributed by atoms with Crippen LogP contribution in [0.2, 0.25) is 0 Å². The number of sulfonamides is 1. The van der Waals surface area contributed by atoms with Gasteiger partial charge in [-0.3, -0.25) is 9.59 Å². The highest BCUT2D eigenvalue weighted by molar-refractivity contribution is 7.89. The van der Waals surface area contributed by atoms with Gasteiger partial charge in [0.05, 0.1) is 23.7 Å². The summed E-state index contributed by atoms with van der Waals surface area (Å²) in [7, 11) is -2.17. The summed E-state index contributed by atoms with van der Waals surface area (Å²) >= 11 is 0. The molecule has 1 aliphatic heterocycles. The van der Waals surface area contributed by atoms with Gasteiger partial charge in [0.15, 0.2) is 0 Å². The molecule has 0 saturated carbocycles. The van der Waals surface area contributed by atoms with Crippen LogP contribution >= 0.6 is 0 Å². The van der Waals surface area contributed by atoms with Crippen molar-refractivity contribution < 1.29 is 27.5 Å². The average Bonchev–Trinajstić information content (AvgIpc) is 2.82. The summed E-state index contributed by atoms with van der Waals surface area (Å²) < 4.78 is 37.4. The third-order valence-corrected chi connectivity index (χ3v) is 6.86. The molecule has 2 unspecified atom stereocenters. The van der Waals surface area contributed by atoms with Crippen LogP contribution in [0.15, 0.2) is 53.4 Å². The number of hydrogen-bond donors (Lipinski definition) is 2. The minimum atomic E-state index is -3.66. The van der Waals surface area contributed by atoms with Crippen LogP contribution in [0.25, 0.3) is 0 Å². The second kappa shape index (κ2) is 11.6. The molecule has 1 fully saturated rings. The number of methoxy groups -OCH3 is 1. The maximum absolute atomic E-state index is 12.8. The zero-order chi connectivity index (χ0) is 24.7. The van der Waals surface area contributed by atoms with Crippen molar-refractivity contribution >= 4 is 21.8 Å². The molecule has 2 amide bonds. The van der Waals surface area contributed by atoms with Crippen molar-refractivity contribution in [2.24, 2.45) is 0 Å². The Kier molecular flexibility index (Phi) is 8.78. The first-order valence-corrected chi connectivity index (χ1v) is 12.6. The molecule has 2 aromatic rings. The van der Waals surface area contributed by atoms with Gasteiger partial charge >= 0.3 is 0 Å². The largest absolute Gasteiger partial charge is 0.383 e. The molecule has 0 aromatic heterocycles. The van der Waals surface area contributed by atoms with Gasteiger partial charge < -0.3 is 19.7 Å². The Labute approximate surface area is 200 Å². The quantitative estimate of drug-likeness (QED) is 0.519. The lowest BCUT2D eigenvalue weighted by Gasteiger charge is -2.35. The highest BCUT2D eigenvalue weighted by Crippen LogP contribution is 2.15. The van der Waals surface area contributed by atoms with Gasteiger partial charge in [-0.05, 0) is 55.8 Å². The second-order valence-electron chi connectivity index (χ2n) is 8.26. The number of carbonyl (C=O) groups excluding carboxylic acids is 2. The third kappa shape index (κ3) is 6.86. The Morgan fingerprint density at radius 3 is 2.18 bits per heavy atom. The third-order valence-electron chi connectivity index (χ3n) is 5.39. The molecule has 184 valence electrons. The fourth-order valence-electron chi connectivity index (χ4n) is 3.72. The lowest BCUT2D eigenvalue weighted by atomic mass is 10.1. The van der Waals surface area contributed by atoms with E-state index in [1.54, 1.807) is 17.0 Å². The van der Waals surface area contributed by atoms with Crippen LogP contribution in [-0.2, 0) is 26.0 Å². The molecule has 0 spiro atoms. The Bertz CT molecular complexity index is 1080. The molecular formula is C24H31N3O6S.